The van der Waals surface area contributed by atoms with E-state index in [0.717, 1.165) is 32.5 Å². The number of amides is 1. The van der Waals surface area contributed by atoms with Gasteiger partial charge in [0.05, 0.1) is 6.54 Å². The van der Waals surface area contributed by atoms with E-state index >= 15 is 0 Å². The molecule has 2 rings (SSSR count). The summed E-state index contributed by atoms with van der Waals surface area (Å²) in [5.74, 6) is 0. The minimum absolute atomic E-state index is 0.142. The number of likely N-dealkylation sites (N-methyl/N-ethyl adjacent to an activating group) is 1. The van der Waals surface area contributed by atoms with Gasteiger partial charge in [-0.05, 0) is 47.2 Å². The Morgan fingerprint density at radius 3 is 2.50 bits per heavy atom. The third kappa shape index (κ3) is 2.03. The van der Waals surface area contributed by atoms with Crippen molar-refractivity contribution in [2.75, 3.05) is 26.7 Å². The first-order valence-electron chi connectivity index (χ1n) is 6.02. The second-order valence-corrected chi connectivity index (χ2v) is 6.15. The summed E-state index contributed by atoms with van der Waals surface area (Å²) < 4.78 is 5.64. The highest BCUT2D eigenvalue weighted by molar-refractivity contribution is 5.71. The fourth-order valence-electron chi connectivity index (χ4n) is 2.67. The SMILES string of the molecule is CN1CCCC2(C1)CN(C(C)(C)C)C(=O)O2. The van der Waals surface area contributed by atoms with Crippen molar-refractivity contribution in [1.82, 2.24) is 9.80 Å². The molecule has 0 saturated carbocycles. The Balaban J connectivity index is 2.13. The molecule has 2 aliphatic heterocycles. The summed E-state index contributed by atoms with van der Waals surface area (Å²) in [6.45, 7) is 8.87. The molecule has 2 aliphatic rings. The Morgan fingerprint density at radius 2 is 2.00 bits per heavy atom. The molecule has 1 amide bonds. The maximum Gasteiger partial charge on any atom is 0.411 e. The highest BCUT2D eigenvalue weighted by Crippen LogP contribution is 2.34. The van der Waals surface area contributed by atoms with Crippen molar-refractivity contribution < 1.29 is 9.53 Å². The molecule has 1 atom stereocenters. The van der Waals surface area contributed by atoms with Crippen LogP contribution in [-0.2, 0) is 4.74 Å². The summed E-state index contributed by atoms with van der Waals surface area (Å²) in [6, 6.07) is 0. The third-order valence-corrected chi connectivity index (χ3v) is 3.51. The molecule has 2 saturated heterocycles. The van der Waals surface area contributed by atoms with Crippen LogP contribution in [0.4, 0.5) is 4.79 Å². The molecule has 0 aromatic rings. The molecular weight excluding hydrogens is 204 g/mol. The number of hydrogen-bond acceptors (Lipinski definition) is 3. The summed E-state index contributed by atoms with van der Waals surface area (Å²) in [7, 11) is 2.09. The van der Waals surface area contributed by atoms with Gasteiger partial charge in [-0.2, -0.15) is 0 Å². The molecule has 1 unspecified atom stereocenters. The van der Waals surface area contributed by atoms with E-state index in [1.165, 1.54) is 0 Å². The van der Waals surface area contributed by atoms with Crippen molar-refractivity contribution in [3.63, 3.8) is 0 Å². The lowest BCUT2D eigenvalue weighted by molar-refractivity contribution is -0.000871. The van der Waals surface area contributed by atoms with Crippen LogP contribution in [0.15, 0.2) is 0 Å². The van der Waals surface area contributed by atoms with E-state index in [1.807, 2.05) is 4.90 Å². The molecule has 0 aromatic carbocycles. The minimum Gasteiger partial charge on any atom is -0.440 e. The van der Waals surface area contributed by atoms with Crippen LogP contribution in [0.3, 0.4) is 0 Å². The molecule has 1 spiro atoms. The van der Waals surface area contributed by atoms with Crippen LogP contribution < -0.4 is 0 Å². The number of piperidine rings is 1. The average Bonchev–Trinajstić information content (AvgIpc) is 2.41. The van der Waals surface area contributed by atoms with Gasteiger partial charge in [-0.25, -0.2) is 4.79 Å². The highest BCUT2D eigenvalue weighted by Gasteiger charge is 2.49. The van der Waals surface area contributed by atoms with Crippen LogP contribution in [0.5, 0.6) is 0 Å². The van der Waals surface area contributed by atoms with Crippen molar-refractivity contribution in [1.29, 1.82) is 0 Å². The first-order valence-corrected chi connectivity index (χ1v) is 6.02. The molecule has 0 aliphatic carbocycles. The van der Waals surface area contributed by atoms with Crippen LogP contribution in [0, 0.1) is 0 Å². The van der Waals surface area contributed by atoms with Crippen LogP contribution in [0.2, 0.25) is 0 Å². The van der Waals surface area contributed by atoms with Crippen LogP contribution in [-0.4, -0.2) is 53.7 Å². The molecule has 4 nitrogen and oxygen atoms in total. The monoisotopic (exact) mass is 226 g/mol. The van der Waals surface area contributed by atoms with Gasteiger partial charge in [-0.3, -0.25) is 4.90 Å². The van der Waals surface area contributed by atoms with Crippen molar-refractivity contribution >= 4 is 6.09 Å². The number of hydrogen-bond donors (Lipinski definition) is 0. The van der Waals surface area contributed by atoms with E-state index in [1.54, 1.807) is 0 Å². The van der Waals surface area contributed by atoms with Gasteiger partial charge in [-0.1, -0.05) is 0 Å². The quantitative estimate of drug-likeness (QED) is 0.630. The fraction of sp³-hybridized carbons (Fsp3) is 0.917. The molecule has 0 bridgehead atoms. The minimum atomic E-state index is -0.253. The average molecular weight is 226 g/mol. The maximum atomic E-state index is 11.9. The van der Waals surface area contributed by atoms with Gasteiger partial charge in [0.1, 0.15) is 5.60 Å². The van der Waals surface area contributed by atoms with Gasteiger partial charge in [-0.15, -0.1) is 0 Å². The summed E-state index contributed by atoms with van der Waals surface area (Å²) in [4.78, 5) is 16.0. The van der Waals surface area contributed by atoms with Crippen molar-refractivity contribution in [2.45, 2.75) is 44.8 Å². The highest BCUT2D eigenvalue weighted by atomic mass is 16.6. The Kier molecular flexibility index (Phi) is 2.65. The lowest BCUT2D eigenvalue weighted by atomic mass is 9.92. The molecule has 92 valence electrons. The summed E-state index contributed by atoms with van der Waals surface area (Å²) in [6.07, 6.45) is 1.96. The zero-order chi connectivity index (χ0) is 12.0. The second kappa shape index (κ2) is 3.62. The Bertz CT molecular complexity index is 298. The number of carbonyl (C=O) groups is 1. The van der Waals surface area contributed by atoms with Crippen LogP contribution >= 0.6 is 0 Å². The Labute approximate surface area is 97.5 Å². The molecule has 0 aromatic heterocycles. The normalized spacial score (nSPS) is 32.2. The van der Waals surface area contributed by atoms with Crippen LogP contribution in [0.25, 0.3) is 0 Å². The second-order valence-electron chi connectivity index (χ2n) is 6.15. The number of carbonyl (C=O) groups excluding carboxylic acids is 1. The number of nitrogens with zero attached hydrogens (tertiary/aromatic N) is 2. The zero-order valence-electron chi connectivity index (χ0n) is 10.7. The standard InChI is InChI=1S/C12H22N2O2/c1-11(2,3)14-9-12(16-10(14)15)6-5-7-13(4)8-12/h5-9H2,1-4H3. The van der Waals surface area contributed by atoms with Gasteiger partial charge < -0.3 is 9.64 Å². The topological polar surface area (TPSA) is 32.8 Å². The molecule has 2 fully saturated rings. The van der Waals surface area contributed by atoms with Crippen molar-refractivity contribution in [3.05, 3.63) is 0 Å². The van der Waals surface area contributed by atoms with Gasteiger partial charge in [0.2, 0.25) is 0 Å². The van der Waals surface area contributed by atoms with Gasteiger partial charge in [0, 0.05) is 12.1 Å². The first kappa shape index (κ1) is 11.7. The van der Waals surface area contributed by atoms with E-state index in [0.29, 0.717) is 0 Å². The van der Waals surface area contributed by atoms with Crippen LogP contribution in [0.1, 0.15) is 33.6 Å². The maximum absolute atomic E-state index is 11.9. The summed E-state index contributed by atoms with van der Waals surface area (Å²) in [5, 5.41) is 0. The van der Waals surface area contributed by atoms with E-state index in [4.69, 9.17) is 4.74 Å². The smallest absolute Gasteiger partial charge is 0.411 e. The van der Waals surface area contributed by atoms with E-state index < -0.39 is 0 Å². The number of likely N-dealkylation sites (tertiary alicyclic amines) is 1. The predicted molar refractivity (Wildman–Crippen MR) is 62.4 cm³/mol. The Morgan fingerprint density at radius 1 is 1.31 bits per heavy atom. The van der Waals surface area contributed by atoms with Crippen molar-refractivity contribution in [3.8, 4) is 0 Å². The summed E-state index contributed by atoms with van der Waals surface area (Å²) in [5.41, 5.74) is -0.395. The Hall–Kier alpha value is -0.770. The molecule has 0 radical (unpaired) electrons. The van der Waals surface area contributed by atoms with E-state index in [2.05, 4.69) is 32.7 Å². The molecule has 0 N–H and O–H groups in total. The molecule has 4 heteroatoms. The van der Waals surface area contributed by atoms with E-state index in [-0.39, 0.29) is 17.2 Å². The van der Waals surface area contributed by atoms with Gasteiger partial charge >= 0.3 is 6.09 Å². The third-order valence-electron chi connectivity index (χ3n) is 3.51. The predicted octanol–water partition coefficient (Wildman–Crippen LogP) is 1.70. The largest absolute Gasteiger partial charge is 0.440 e. The van der Waals surface area contributed by atoms with E-state index in [9.17, 15) is 4.79 Å². The summed E-state index contributed by atoms with van der Waals surface area (Å²) >= 11 is 0. The fourth-order valence-corrected chi connectivity index (χ4v) is 2.67. The van der Waals surface area contributed by atoms with Gasteiger partial charge in [0.25, 0.3) is 0 Å². The molecule has 2 heterocycles. The van der Waals surface area contributed by atoms with Gasteiger partial charge in [0.15, 0.2) is 0 Å². The molecule has 16 heavy (non-hydrogen) atoms. The lowest BCUT2D eigenvalue weighted by Crippen LogP contribution is -2.51. The zero-order valence-corrected chi connectivity index (χ0v) is 10.7. The molecular formula is C12H22N2O2. The van der Waals surface area contributed by atoms with Crippen molar-refractivity contribution in [2.24, 2.45) is 0 Å². The number of rotatable bonds is 0. The lowest BCUT2D eigenvalue weighted by Gasteiger charge is -2.37. The number of ether oxygens (including phenoxy) is 1. The first-order chi connectivity index (χ1) is 7.32.